The molecule has 0 fully saturated rings. The van der Waals surface area contributed by atoms with Crippen molar-refractivity contribution in [3.05, 3.63) is 29.8 Å². The monoisotopic (exact) mass is 244 g/mol. The van der Waals surface area contributed by atoms with E-state index in [1.165, 1.54) is 12.1 Å². The Morgan fingerprint density at radius 3 is 2.50 bits per heavy atom. The highest BCUT2D eigenvalue weighted by Crippen LogP contribution is 2.48. The molecular formula is C8H13N4O3P. The fourth-order valence-electron chi connectivity index (χ4n) is 1.12. The summed E-state index contributed by atoms with van der Waals surface area (Å²) in [5.41, 5.74) is 16.4. The number of nitrogens with zero attached hydrogens (tertiary/aromatic N) is 1. The fourth-order valence-corrected chi connectivity index (χ4v) is 1.67. The molecule has 1 rings (SSSR count). The van der Waals surface area contributed by atoms with E-state index >= 15 is 0 Å². The van der Waals surface area contributed by atoms with E-state index in [-0.39, 0.29) is 11.5 Å². The molecule has 0 saturated carbocycles. The van der Waals surface area contributed by atoms with Crippen molar-refractivity contribution in [3.8, 4) is 0 Å². The number of guanidine groups is 1. The van der Waals surface area contributed by atoms with Crippen molar-refractivity contribution >= 4 is 19.2 Å². The van der Waals surface area contributed by atoms with Crippen molar-refractivity contribution in [2.24, 2.45) is 22.2 Å². The van der Waals surface area contributed by atoms with Crippen LogP contribution in [-0.4, -0.2) is 15.7 Å². The SMILES string of the molecule is NC(N)=Nc1cccc([C@H](N)P(=O)(O)O)c1. The average molecular weight is 244 g/mol. The van der Waals surface area contributed by atoms with Gasteiger partial charge in [0.05, 0.1) is 5.69 Å². The van der Waals surface area contributed by atoms with Gasteiger partial charge in [0, 0.05) is 0 Å². The molecular weight excluding hydrogens is 231 g/mol. The van der Waals surface area contributed by atoms with Crippen LogP contribution >= 0.6 is 7.60 Å². The highest BCUT2D eigenvalue weighted by Gasteiger charge is 2.26. The molecule has 0 aliphatic rings. The summed E-state index contributed by atoms with van der Waals surface area (Å²) in [5, 5.41) is 0. The maximum Gasteiger partial charge on any atom is 0.346 e. The topological polar surface area (TPSA) is 148 Å². The Hall–Kier alpha value is -1.40. The minimum Gasteiger partial charge on any atom is -0.370 e. The molecule has 1 atom stereocenters. The maximum absolute atomic E-state index is 10.9. The minimum absolute atomic E-state index is 0.137. The molecule has 0 amide bonds. The lowest BCUT2D eigenvalue weighted by Gasteiger charge is -2.13. The van der Waals surface area contributed by atoms with Crippen molar-refractivity contribution in [2.75, 3.05) is 0 Å². The highest BCUT2D eigenvalue weighted by molar-refractivity contribution is 7.52. The molecule has 1 aromatic carbocycles. The van der Waals surface area contributed by atoms with Crippen molar-refractivity contribution < 1.29 is 14.4 Å². The van der Waals surface area contributed by atoms with E-state index in [0.717, 1.165) is 0 Å². The summed E-state index contributed by atoms with van der Waals surface area (Å²) in [4.78, 5) is 21.6. The van der Waals surface area contributed by atoms with E-state index < -0.39 is 13.4 Å². The largest absolute Gasteiger partial charge is 0.370 e. The Labute approximate surface area is 92.1 Å². The number of nitrogens with two attached hydrogens (primary N) is 3. The van der Waals surface area contributed by atoms with Crippen LogP contribution in [0.4, 0.5) is 5.69 Å². The van der Waals surface area contributed by atoms with Crippen molar-refractivity contribution in [1.29, 1.82) is 0 Å². The predicted molar refractivity (Wildman–Crippen MR) is 60.9 cm³/mol. The van der Waals surface area contributed by atoms with E-state index in [1.54, 1.807) is 12.1 Å². The van der Waals surface area contributed by atoms with Gasteiger partial charge < -0.3 is 27.0 Å². The first kappa shape index (κ1) is 12.7. The summed E-state index contributed by atoms with van der Waals surface area (Å²) >= 11 is 0. The summed E-state index contributed by atoms with van der Waals surface area (Å²) in [5.74, 6) is -1.51. The van der Waals surface area contributed by atoms with E-state index in [1.807, 2.05) is 0 Å². The van der Waals surface area contributed by atoms with Gasteiger partial charge in [-0.05, 0) is 17.7 Å². The van der Waals surface area contributed by atoms with Gasteiger partial charge in [0.25, 0.3) is 0 Å². The van der Waals surface area contributed by atoms with Gasteiger partial charge in [-0.1, -0.05) is 12.1 Å². The average Bonchev–Trinajstić information content (AvgIpc) is 2.14. The summed E-state index contributed by atoms with van der Waals surface area (Å²) in [7, 11) is -4.37. The smallest absolute Gasteiger partial charge is 0.346 e. The van der Waals surface area contributed by atoms with Crippen LogP contribution in [0.15, 0.2) is 29.3 Å². The summed E-state index contributed by atoms with van der Waals surface area (Å²) in [6.45, 7) is 0. The number of benzene rings is 1. The van der Waals surface area contributed by atoms with Crippen LogP contribution in [0, 0.1) is 0 Å². The van der Waals surface area contributed by atoms with Crippen molar-refractivity contribution in [2.45, 2.75) is 5.78 Å². The van der Waals surface area contributed by atoms with Crippen LogP contribution in [0.25, 0.3) is 0 Å². The highest BCUT2D eigenvalue weighted by atomic mass is 31.2. The second-order valence-electron chi connectivity index (χ2n) is 3.17. The molecule has 0 spiro atoms. The lowest BCUT2D eigenvalue weighted by atomic mass is 10.2. The first-order chi connectivity index (χ1) is 7.30. The van der Waals surface area contributed by atoms with Gasteiger partial charge >= 0.3 is 7.60 Å². The van der Waals surface area contributed by atoms with Gasteiger partial charge in [0.2, 0.25) is 0 Å². The second-order valence-corrected chi connectivity index (χ2v) is 4.90. The summed E-state index contributed by atoms with van der Waals surface area (Å²) < 4.78 is 10.9. The first-order valence-electron chi connectivity index (χ1n) is 4.31. The van der Waals surface area contributed by atoms with E-state index in [4.69, 9.17) is 27.0 Å². The van der Waals surface area contributed by atoms with Crippen LogP contribution in [0.3, 0.4) is 0 Å². The normalized spacial score (nSPS) is 13.2. The molecule has 0 radical (unpaired) electrons. The van der Waals surface area contributed by atoms with E-state index in [0.29, 0.717) is 5.69 Å². The van der Waals surface area contributed by atoms with Gasteiger partial charge in [-0.25, -0.2) is 4.99 Å². The summed E-state index contributed by atoms with van der Waals surface area (Å²) in [6.07, 6.45) is 0. The third-order valence-corrected chi connectivity index (χ3v) is 2.86. The summed E-state index contributed by atoms with van der Waals surface area (Å²) in [6, 6.07) is 6.07. The van der Waals surface area contributed by atoms with Crippen molar-refractivity contribution in [1.82, 2.24) is 0 Å². The third kappa shape index (κ3) is 3.32. The van der Waals surface area contributed by atoms with Crippen LogP contribution in [0.5, 0.6) is 0 Å². The Kier molecular flexibility index (Phi) is 3.66. The minimum atomic E-state index is -4.37. The number of hydrogen-bond donors (Lipinski definition) is 5. The predicted octanol–water partition coefficient (Wildman–Crippen LogP) is -0.274. The molecule has 0 aliphatic heterocycles. The number of rotatable bonds is 3. The zero-order valence-electron chi connectivity index (χ0n) is 8.32. The molecule has 0 unspecified atom stereocenters. The van der Waals surface area contributed by atoms with Gasteiger partial charge in [-0.2, -0.15) is 0 Å². The number of hydrogen-bond acceptors (Lipinski definition) is 3. The Balaban J connectivity index is 3.08. The van der Waals surface area contributed by atoms with E-state index in [9.17, 15) is 4.57 Å². The molecule has 1 aromatic rings. The Morgan fingerprint density at radius 1 is 1.38 bits per heavy atom. The molecule has 0 saturated heterocycles. The zero-order valence-corrected chi connectivity index (χ0v) is 9.21. The quantitative estimate of drug-likeness (QED) is 0.280. The molecule has 0 bridgehead atoms. The van der Waals surface area contributed by atoms with Crippen LogP contribution in [0.1, 0.15) is 11.3 Å². The Bertz CT molecular complexity index is 452. The molecule has 8 heteroatoms. The molecule has 0 aromatic heterocycles. The van der Waals surface area contributed by atoms with Gasteiger partial charge in [-0.3, -0.25) is 4.57 Å². The lowest BCUT2D eigenvalue weighted by molar-refractivity contribution is 0.359. The molecule has 8 N–H and O–H groups in total. The zero-order chi connectivity index (χ0) is 12.3. The van der Waals surface area contributed by atoms with Gasteiger partial charge in [0.15, 0.2) is 5.96 Å². The van der Waals surface area contributed by atoms with E-state index in [2.05, 4.69) is 4.99 Å². The molecule has 7 nitrogen and oxygen atoms in total. The molecule has 0 heterocycles. The third-order valence-electron chi connectivity index (χ3n) is 1.83. The number of aliphatic imine (C=N–C) groups is 1. The maximum atomic E-state index is 10.9. The molecule has 0 aliphatic carbocycles. The lowest BCUT2D eigenvalue weighted by Crippen LogP contribution is -2.21. The fraction of sp³-hybridized carbons (Fsp3) is 0.125. The van der Waals surface area contributed by atoms with Crippen LogP contribution < -0.4 is 17.2 Å². The Morgan fingerprint density at radius 2 is 2.00 bits per heavy atom. The van der Waals surface area contributed by atoms with Gasteiger partial charge in [-0.15, -0.1) is 0 Å². The van der Waals surface area contributed by atoms with Crippen LogP contribution in [0.2, 0.25) is 0 Å². The standard InChI is InChI=1S/C8H13N4O3P/c9-7(16(13,14)15)5-2-1-3-6(4-5)12-8(10)11/h1-4,7H,9H2,(H4,10,11,12)(H2,13,14,15)/t7-/m1/s1. The molecule has 88 valence electrons. The van der Waals surface area contributed by atoms with Crippen molar-refractivity contribution in [3.63, 3.8) is 0 Å². The van der Waals surface area contributed by atoms with Gasteiger partial charge in [0.1, 0.15) is 5.78 Å². The first-order valence-corrected chi connectivity index (χ1v) is 5.99. The van der Waals surface area contributed by atoms with Crippen LogP contribution in [-0.2, 0) is 4.57 Å². The molecule has 16 heavy (non-hydrogen) atoms. The second kappa shape index (κ2) is 4.63.